The molecular weight excluding hydrogens is 212 g/mol. The summed E-state index contributed by atoms with van der Waals surface area (Å²) in [5.74, 6) is 0.375. The lowest BCUT2D eigenvalue weighted by Crippen LogP contribution is -2.31. The van der Waals surface area contributed by atoms with E-state index in [1.54, 1.807) is 0 Å². The summed E-state index contributed by atoms with van der Waals surface area (Å²) in [7, 11) is 0. The second-order valence-electron chi connectivity index (χ2n) is 6.41. The maximum atomic E-state index is 9.83. The van der Waals surface area contributed by atoms with Gasteiger partial charge in [-0.05, 0) is 44.4 Å². The van der Waals surface area contributed by atoms with Crippen LogP contribution in [0.4, 0.5) is 0 Å². The van der Waals surface area contributed by atoms with Crippen molar-refractivity contribution in [3.63, 3.8) is 0 Å². The Bertz CT molecular complexity index is 231. The Labute approximate surface area is 106 Å². The zero-order chi connectivity index (χ0) is 12.3. The quantitative estimate of drug-likeness (QED) is 0.812. The van der Waals surface area contributed by atoms with Crippen molar-refractivity contribution in [3.05, 3.63) is 0 Å². The van der Waals surface area contributed by atoms with Crippen molar-refractivity contribution in [2.75, 3.05) is 0 Å². The summed E-state index contributed by atoms with van der Waals surface area (Å²) in [6.07, 6.45) is 11.3. The Kier molecular flexibility index (Phi) is 4.48. The van der Waals surface area contributed by atoms with Gasteiger partial charge in [0.1, 0.15) is 0 Å². The van der Waals surface area contributed by atoms with E-state index in [1.807, 2.05) is 0 Å². The van der Waals surface area contributed by atoms with Gasteiger partial charge in [0, 0.05) is 0 Å². The van der Waals surface area contributed by atoms with Crippen LogP contribution in [0.1, 0.15) is 71.6 Å². The fourth-order valence-corrected chi connectivity index (χ4v) is 3.35. The van der Waals surface area contributed by atoms with Crippen LogP contribution in [0, 0.1) is 5.92 Å². The third-order valence-corrected chi connectivity index (χ3v) is 4.66. The Hall–Kier alpha value is -0.0800. The first-order chi connectivity index (χ1) is 8.11. The number of hydrogen-bond acceptors (Lipinski definition) is 2. The Morgan fingerprint density at radius 3 is 2.53 bits per heavy atom. The van der Waals surface area contributed by atoms with Crippen LogP contribution in [-0.4, -0.2) is 22.9 Å². The van der Waals surface area contributed by atoms with Crippen LogP contribution >= 0.6 is 0 Å². The standard InChI is InChI=1S/C15H28O2/c1-12(2)14(16)7-6-13-8-11-15(17-13)9-4-3-5-10-15/h12-14,16H,3-11H2,1-2H3. The van der Waals surface area contributed by atoms with Crippen molar-refractivity contribution >= 4 is 0 Å². The summed E-state index contributed by atoms with van der Waals surface area (Å²) in [5.41, 5.74) is 0.242. The zero-order valence-corrected chi connectivity index (χ0v) is 11.5. The highest BCUT2D eigenvalue weighted by Crippen LogP contribution is 2.42. The molecule has 1 saturated carbocycles. The highest BCUT2D eigenvalue weighted by molar-refractivity contribution is 4.91. The van der Waals surface area contributed by atoms with E-state index in [0.717, 1.165) is 12.8 Å². The lowest BCUT2D eigenvalue weighted by Gasteiger charge is -2.33. The SMILES string of the molecule is CC(C)C(O)CCC1CCC2(CCCCC2)O1. The molecule has 100 valence electrons. The first kappa shape index (κ1) is 13.4. The molecule has 1 spiro atoms. The van der Waals surface area contributed by atoms with E-state index in [1.165, 1.54) is 44.9 Å². The molecule has 1 aliphatic carbocycles. The van der Waals surface area contributed by atoms with Gasteiger partial charge in [-0.15, -0.1) is 0 Å². The first-order valence-electron chi connectivity index (χ1n) is 7.47. The van der Waals surface area contributed by atoms with Crippen LogP contribution in [0.15, 0.2) is 0 Å². The van der Waals surface area contributed by atoms with E-state index < -0.39 is 0 Å². The molecule has 1 N–H and O–H groups in total. The first-order valence-corrected chi connectivity index (χ1v) is 7.47. The number of hydrogen-bond donors (Lipinski definition) is 1. The molecule has 2 aliphatic rings. The predicted molar refractivity (Wildman–Crippen MR) is 70.0 cm³/mol. The number of aliphatic hydroxyl groups is 1. The lowest BCUT2D eigenvalue weighted by atomic mass is 9.83. The average Bonchev–Trinajstić information content (AvgIpc) is 2.70. The van der Waals surface area contributed by atoms with Crippen molar-refractivity contribution in [3.8, 4) is 0 Å². The Morgan fingerprint density at radius 1 is 1.18 bits per heavy atom. The van der Waals surface area contributed by atoms with E-state index in [4.69, 9.17) is 4.74 Å². The van der Waals surface area contributed by atoms with E-state index in [9.17, 15) is 5.11 Å². The number of aliphatic hydroxyl groups excluding tert-OH is 1. The summed E-state index contributed by atoms with van der Waals surface area (Å²) in [6.45, 7) is 4.17. The van der Waals surface area contributed by atoms with Gasteiger partial charge in [0.2, 0.25) is 0 Å². The van der Waals surface area contributed by atoms with Gasteiger partial charge < -0.3 is 9.84 Å². The normalized spacial score (nSPS) is 30.0. The number of ether oxygens (including phenoxy) is 1. The Morgan fingerprint density at radius 2 is 1.88 bits per heavy atom. The molecule has 2 heteroatoms. The Balaban J connectivity index is 1.74. The molecule has 1 heterocycles. The van der Waals surface area contributed by atoms with Gasteiger partial charge in [0.25, 0.3) is 0 Å². The van der Waals surface area contributed by atoms with E-state index in [0.29, 0.717) is 12.0 Å². The molecule has 1 aliphatic heterocycles. The topological polar surface area (TPSA) is 29.5 Å². The van der Waals surface area contributed by atoms with Crippen LogP contribution in [0.2, 0.25) is 0 Å². The van der Waals surface area contributed by atoms with Gasteiger partial charge in [0.15, 0.2) is 0 Å². The minimum Gasteiger partial charge on any atom is -0.393 e. The molecule has 0 radical (unpaired) electrons. The van der Waals surface area contributed by atoms with Crippen molar-refractivity contribution in [1.82, 2.24) is 0 Å². The van der Waals surface area contributed by atoms with Gasteiger partial charge in [-0.3, -0.25) is 0 Å². The molecule has 2 nitrogen and oxygen atoms in total. The predicted octanol–water partition coefficient (Wildman–Crippen LogP) is 3.67. The van der Waals surface area contributed by atoms with Crippen LogP contribution in [-0.2, 0) is 4.74 Å². The highest BCUT2D eigenvalue weighted by atomic mass is 16.5. The van der Waals surface area contributed by atoms with Gasteiger partial charge in [-0.1, -0.05) is 33.1 Å². The van der Waals surface area contributed by atoms with Gasteiger partial charge in [0.05, 0.1) is 17.8 Å². The summed E-state index contributed by atoms with van der Waals surface area (Å²) in [4.78, 5) is 0. The molecule has 0 bridgehead atoms. The molecule has 2 rings (SSSR count). The van der Waals surface area contributed by atoms with E-state index in [2.05, 4.69) is 13.8 Å². The maximum absolute atomic E-state index is 9.83. The minimum atomic E-state index is -0.151. The maximum Gasteiger partial charge on any atom is 0.0687 e. The summed E-state index contributed by atoms with van der Waals surface area (Å²) in [6, 6.07) is 0. The zero-order valence-electron chi connectivity index (χ0n) is 11.5. The van der Waals surface area contributed by atoms with Crippen molar-refractivity contribution in [1.29, 1.82) is 0 Å². The molecule has 0 aromatic heterocycles. The molecule has 0 aromatic carbocycles. The van der Waals surface area contributed by atoms with Crippen molar-refractivity contribution in [2.24, 2.45) is 5.92 Å². The fourth-order valence-electron chi connectivity index (χ4n) is 3.35. The van der Waals surface area contributed by atoms with Crippen LogP contribution in [0.5, 0.6) is 0 Å². The molecule has 2 fully saturated rings. The summed E-state index contributed by atoms with van der Waals surface area (Å²) < 4.78 is 6.31. The van der Waals surface area contributed by atoms with Crippen LogP contribution in [0.3, 0.4) is 0 Å². The minimum absolute atomic E-state index is 0.151. The fraction of sp³-hybridized carbons (Fsp3) is 1.00. The monoisotopic (exact) mass is 240 g/mol. The molecule has 1 saturated heterocycles. The molecule has 0 amide bonds. The van der Waals surface area contributed by atoms with Gasteiger partial charge in [-0.2, -0.15) is 0 Å². The molecule has 2 unspecified atom stereocenters. The van der Waals surface area contributed by atoms with Crippen LogP contribution < -0.4 is 0 Å². The third-order valence-electron chi connectivity index (χ3n) is 4.66. The average molecular weight is 240 g/mol. The molecular formula is C15H28O2. The second-order valence-corrected chi connectivity index (χ2v) is 6.41. The van der Waals surface area contributed by atoms with Crippen molar-refractivity contribution < 1.29 is 9.84 Å². The molecule has 2 atom stereocenters. The third kappa shape index (κ3) is 3.45. The summed E-state index contributed by atoms with van der Waals surface area (Å²) in [5, 5.41) is 9.83. The van der Waals surface area contributed by atoms with Gasteiger partial charge in [-0.25, -0.2) is 0 Å². The van der Waals surface area contributed by atoms with E-state index in [-0.39, 0.29) is 11.7 Å². The molecule has 0 aromatic rings. The lowest BCUT2D eigenvalue weighted by molar-refractivity contribution is -0.0693. The van der Waals surface area contributed by atoms with Crippen LogP contribution in [0.25, 0.3) is 0 Å². The highest BCUT2D eigenvalue weighted by Gasteiger charge is 2.40. The van der Waals surface area contributed by atoms with Gasteiger partial charge >= 0.3 is 0 Å². The summed E-state index contributed by atoms with van der Waals surface area (Å²) >= 11 is 0. The van der Waals surface area contributed by atoms with Crippen molar-refractivity contribution in [2.45, 2.75) is 89.4 Å². The van der Waals surface area contributed by atoms with E-state index >= 15 is 0 Å². The largest absolute Gasteiger partial charge is 0.393 e. The molecule has 17 heavy (non-hydrogen) atoms. The smallest absolute Gasteiger partial charge is 0.0687 e. The number of rotatable bonds is 4. The second kappa shape index (κ2) is 5.71.